The minimum atomic E-state index is -4.77. The van der Waals surface area contributed by atoms with Crippen LogP contribution in [0.15, 0.2) is 48.5 Å². The van der Waals surface area contributed by atoms with Gasteiger partial charge in [-0.05, 0) is 67.9 Å². The zero-order valence-electron chi connectivity index (χ0n) is 27.1. The summed E-state index contributed by atoms with van der Waals surface area (Å²) in [7, 11) is 0. The Morgan fingerprint density at radius 3 is 2.29 bits per heavy atom. The fourth-order valence-corrected chi connectivity index (χ4v) is 6.89. The Morgan fingerprint density at radius 2 is 1.67 bits per heavy atom. The number of carboxylic acids is 1. The molecule has 0 radical (unpaired) electrons. The third-order valence-electron chi connectivity index (χ3n) is 9.38. The van der Waals surface area contributed by atoms with Crippen LogP contribution in [-0.4, -0.2) is 85.2 Å². The molecule has 3 fully saturated rings. The Balaban J connectivity index is 1.27. The van der Waals surface area contributed by atoms with E-state index in [0.29, 0.717) is 82.3 Å². The van der Waals surface area contributed by atoms with Crippen LogP contribution in [0.4, 0.5) is 30.6 Å². The van der Waals surface area contributed by atoms with E-state index in [9.17, 15) is 23.1 Å². The Morgan fingerprint density at radius 1 is 0.979 bits per heavy atom. The second-order valence-electron chi connectivity index (χ2n) is 13.1. The zero-order chi connectivity index (χ0) is 34.1. The number of nitrogen functional groups attached to an aromatic ring is 1. The van der Waals surface area contributed by atoms with E-state index in [0.717, 1.165) is 11.1 Å². The summed E-state index contributed by atoms with van der Waals surface area (Å²) >= 11 is 0. The number of ether oxygens (including phenoxy) is 2. The van der Waals surface area contributed by atoms with Gasteiger partial charge in [-0.3, -0.25) is 4.79 Å². The molecule has 14 heteroatoms. The van der Waals surface area contributed by atoms with Gasteiger partial charge in [-0.1, -0.05) is 24.3 Å². The van der Waals surface area contributed by atoms with Crippen molar-refractivity contribution < 1.29 is 32.5 Å². The summed E-state index contributed by atoms with van der Waals surface area (Å²) in [5.41, 5.74) is 7.91. The molecular formula is C34H42F3N7O4. The molecule has 3 aromatic rings. The number of aromatic nitrogens is 2. The van der Waals surface area contributed by atoms with Gasteiger partial charge in [0.15, 0.2) is 0 Å². The monoisotopic (exact) mass is 669 g/mol. The van der Waals surface area contributed by atoms with Gasteiger partial charge in [0.1, 0.15) is 17.6 Å². The number of benzene rings is 2. The molecule has 48 heavy (non-hydrogen) atoms. The summed E-state index contributed by atoms with van der Waals surface area (Å²) in [4.78, 5) is 23.7. The lowest BCUT2D eigenvalue weighted by Crippen LogP contribution is -2.44. The highest BCUT2D eigenvalue weighted by atomic mass is 19.4. The van der Waals surface area contributed by atoms with Crippen LogP contribution in [0.2, 0.25) is 0 Å². The zero-order valence-corrected chi connectivity index (χ0v) is 27.1. The SMILES string of the molecule is CC(C)Oc1ccc(-c2ccc([C@@H](Oc3cc(N4CCC5(CC4)CNC(C(=O)O)C5)nc(N)n3)C(F)(F)F)c(N3CCNCC3)c2)cc1. The highest BCUT2D eigenvalue weighted by molar-refractivity contribution is 5.74. The van der Waals surface area contributed by atoms with Gasteiger partial charge in [0.25, 0.3) is 0 Å². The molecule has 0 amide bonds. The van der Waals surface area contributed by atoms with Gasteiger partial charge in [0.2, 0.25) is 17.9 Å². The van der Waals surface area contributed by atoms with E-state index < -0.39 is 24.3 Å². The quantitative estimate of drug-likeness (QED) is 0.254. The van der Waals surface area contributed by atoms with E-state index in [1.54, 1.807) is 12.1 Å². The maximum absolute atomic E-state index is 14.9. The number of carbonyl (C=O) groups is 1. The minimum absolute atomic E-state index is 0.0186. The number of halogens is 3. The van der Waals surface area contributed by atoms with Crippen molar-refractivity contribution in [3.05, 3.63) is 54.1 Å². The van der Waals surface area contributed by atoms with Crippen molar-refractivity contribution in [2.45, 2.75) is 57.5 Å². The third-order valence-corrected chi connectivity index (χ3v) is 9.38. The molecule has 0 saturated carbocycles. The molecule has 3 saturated heterocycles. The van der Waals surface area contributed by atoms with Crippen molar-refractivity contribution in [1.29, 1.82) is 0 Å². The average Bonchev–Trinajstić information content (AvgIpc) is 3.47. The number of anilines is 3. The lowest BCUT2D eigenvalue weighted by atomic mass is 9.76. The summed E-state index contributed by atoms with van der Waals surface area (Å²) in [6, 6.07) is 13.3. The second kappa shape index (κ2) is 13.7. The molecule has 0 aliphatic carbocycles. The van der Waals surface area contributed by atoms with Crippen molar-refractivity contribution in [3.63, 3.8) is 0 Å². The van der Waals surface area contributed by atoms with Gasteiger partial charge < -0.3 is 40.7 Å². The van der Waals surface area contributed by atoms with Gasteiger partial charge in [0.05, 0.1) is 6.10 Å². The van der Waals surface area contributed by atoms with Crippen LogP contribution in [-0.2, 0) is 4.79 Å². The second-order valence-corrected chi connectivity index (χ2v) is 13.1. The maximum Gasteiger partial charge on any atom is 0.429 e. The Labute approximate surface area is 277 Å². The number of alkyl halides is 3. The fraction of sp³-hybridized carbons (Fsp3) is 0.500. The average molecular weight is 670 g/mol. The molecule has 2 aromatic carbocycles. The summed E-state index contributed by atoms with van der Waals surface area (Å²) in [5.74, 6) is -0.242. The van der Waals surface area contributed by atoms with Crippen molar-refractivity contribution in [1.82, 2.24) is 20.6 Å². The number of aliphatic carboxylic acids is 1. The Hall–Kier alpha value is -4.30. The predicted octanol–water partition coefficient (Wildman–Crippen LogP) is 4.64. The number of hydrogen-bond donors (Lipinski definition) is 4. The number of piperazine rings is 1. The first-order valence-electron chi connectivity index (χ1n) is 16.3. The Kier molecular flexibility index (Phi) is 9.57. The topological polar surface area (TPSA) is 138 Å². The molecule has 11 nitrogen and oxygen atoms in total. The molecule has 3 aliphatic heterocycles. The number of piperidine rings is 1. The molecule has 4 heterocycles. The van der Waals surface area contributed by atoms with Gasteiger partial charge in [-0.2, -0.15) is 23.1 Å². The smallest absolute Gasteiger partial charge is 0.429 e. The molecule has 2 atom stereocenters. The number of carboxylic acid groups (broad SMARTS) is 1. The largest absolute Gasteiger partial charge is 0.491 e. The van der Waals surface area contributed by atoms with E-state index in [-0.39, 0.29) is 28.9 Å². The van der Waals surface area contributed by atoms with Crippen LogP contribution >= 0.6 is 0 Å². The van der Waals surface area contributed by atoms with Gasteiger partial charge in [-0.25, -0.2) is 0 Å². The van der Waals surface area contributed by atoms with Crippen LogP contribution in [0.3, 0.4) is 0 Å². The first-order chi connectivity index (χ1) is 22.9. The molecule has 0 bridgehead atoms. The molecule has 1 unspecified atom stereocenters. The molecular weight excluding hydrogens is 627 g/mol. The van der Waals surface area contributed by atoms with Gasteiger partial charge >= 0.3 is 12.1 Å². The van der Waals surface area contributed by atoms with E-state index >= 15 is 0 Å². The standard InChI is InChI=1S/C34H42F3N7O4/c1-21(2)47-24-6-3-22(4-7-24)23-5-8-25(27(17-23)43-15-11-39-12-16-43)30(34(35,36)37)48-29-18-28(41-32(38)42-29)44-13-9-33(10-14-44)19-26(31(45)46)40-20-33/h3-8,17-18,21,26,30,39-40H,9-16,19-20H2,1-2H3,(H,45,46)(H2,38,41,42)/t26?,30-/m1/s1. The van der Waals surface area contributed by atoms with Crippen molar-refractivity contribution in [3.8, 4) is 22.8 Å². The molecule has 6 rings (SSSR count). The summed E-state index contributed by atoms with van der Waals surface area (Å²) in [6.45, 7) is 7.93. The maximum atomic E-state index is 14.9. The highest BCUT2D eigenvalue weighted by Crippen LogP contribution is 2.44. The lowest BCUT2D eigenvalue weighted by Gasteiger charge is -2.39. The third kappa shape index (κ3) is 7.54. The van der Waals surface area contributed by atoms with E-state index in [2.05, 4.69) is 20.6 Å². The number of nitrogens with one attached hydrogen (secondary N) is 2. The van der Waals surface area contributed by atoms with Crippen LogP contribution in [0.25, 0.3) is 11.1 Å². The van der Waals surface area contributed by atoms with Crippen LogP contribution in [0.1, 0.15) is 44.8 Å². The highest BCUT2D eigenvalue weighted by Gasteiger charge is 2.46. The summed E-state index contributed by atoms with van der Waals surface area (Å²) < 4.78 is 56.2. The van der Waals surface area contributed by atoms with Crippen molar-refractivity contribution in [2.24, 2.45) is 5.41 Å². The lowest BCUT2D eigenvalue weighted by molar-refractivity contribution is -0.198. The van der Waals surface area contributed by atoms with E-state index in [4.69, 9.17) is 15.2 Å². The predicted molar refractivity (Wildman–Crippen MR) is 177 cm³/mol. The molecule has 1 spiro atoms. The normalized spacial score (nSPS) is 20.2. The minimum Gasteiger partial charge on any atom is -0.491 e. The summed E-state index contributed by atoms with van der Waals surface area (Å²) in [5, 5.41) is 15.8. The van der Waals surface area contributed by atoms with Crippen LogP contribution in [0.5, 0.6) is 11.6 Å². The van der Waals surface area contributed by atoms with Crippen LogP contribution in [0, 0.1) is 5.41 Å². The van der Waals surface area contributed by atoms with Crippen molar-refractivity contribution in [2.75, 3.05) is 61.3 Å². The Bertz CT molecular complexity index is 1590. The van der Waals surface area contributed by atoms with E-state index in [1.807, 2.05) is 47.9 Å². The number of nitrogens with zero attached hydrogens (tertiary/aromatic N) is 4. The first kappa shape index (κ1) is 33.6. The van der Waals surface area contributed by atoms with Gasteiger partial charge in [0, 0.05) is 63.1 Å². The fourth-order valence-electron chi connectivity index (χ4n) is 6.89. The number of hydrogen-bond acceptors (Lipinski definition) is 10. The molecule has 1 aromatic heterocycles. The van der Waals surface area contributed by atoms with Gasteiger partial charge in [-0.15, -0.1) is 0 Å². The molecule has 258 valence electrons. The van der Waals surface area contributed by atoms with Crippen LogP contribution < -0.4 is 35.6 Å². The number of nitrogens with two attached hydrogens (primary N) is 1. The number of rotatable bonds is 9. The first-order valence-corrected chi connectivity index (χ1v) is 16.3. The summed E-state index contributed by atoms with van der Waals surface area (Å²) in [6.07, 6.45) is -5.11. The molecule has 5 N–H and O–H groups in total. The van der Waals surface area contributed by atoms with Crippen molar-refractivity contribution >= 4 is 23.4 Å². The van der Waals surface area contributed by atoms with E-state index in [1.165, 1.54) is 12.1 Å². The molecule has 3 aliphatic rings.